The summed E-state index contributed by atoms with van der Waals surface area (Å²) < 4.78 is 12.8. The molecule has 0 bridgehead atoms. The third-order valence-electron chi connectivity index (χ3n) is 4.37. The second kappa shape index (κ2) is 8.43. The molecule has 0 aliphatic rings. The smallest absolute Gasteiger partial charge is 0.261 e. The number of amides is 1. The molecule has 28 heavy (non-hydrogen) atoms. The van der Waals surface area contributed by atoms with Gasteiger partial charge in [-0.2, -0.15) is 0 Å². The number of halogens is 1. The van der Waals surface area contributed by atoms with E-state index in [1.165, 1.54) is 18.0 Å². The zero-order valence-electron chi connectivity index (χ0n) is 15.8. The quantitative estimate of drug-likeness (QED) is 0.627. The lowest BCUT2D eigenvalue weighted by Crippen LogP contribution is -2.23. The van der Waals surface area contributed by atoms with Crippen LogP contribution < -0.4 is 20.3 Å². The van der Waals surface area contributed by atoms with E-state index in [4.69, 9.17) is 9.47 Å². The summed E-state index contributed by atoms with van der Waals surface area (Å²) in [5.74, 6) is 0.915. The molecule has 1 amide bonds. The van der Waals surface area contributed by atoms with Crippen LogP contribution in [0.1, 0.15) is 12.0 Å². The molecule has 0 aliphatic carbocycles. The van der Waals surface area contributed by atoms with Gasteiger partial charge >= 0.3 is 0 Å². The number of ether oxygens (including phenoxy) is 2. The van der Waals surface area contributed by atoms with Gasteiger partial charge in [0.2, 0.25) is 5.91 Å². The Kier molecular flexibility index (Phi) is 5.99. The molecule has 0 spiro atoms. The standard InChI is InChI=1S/C20H20BrN3O4/c1-12-8-17(27-2)18(28-3)10-16(12)23-19(25)6-7-24-11-22-15-5-4-13(21)9-14(15)20(24)26/h4-5,8-11H,6-7H2,1-3H3,(H,23,25). The van der Waals surface area contributed by atoms with Crippen LogP contribution >= 0.6 is 15.9 Å². The van der Waals surface area contributed by atoms with Gasteiger partial charge in [-0.15, -0.1) is 0 Å². The van der Waals surface area contributed by atoms with E-state index in [1.807, 2.05) is 13.0 Å². The molecule has 0 unspecified atom stereocenters. The topological polar surface area (TPSA) is 82.5 Å². The van der Waals surface area contributed by atoms with Crippen molar-refractivity contribution in [2.45, 2.75) is 19.9 Å². The van der Waals surface area contributed by atoms with Crippen molar-refractivity contribution in [1.29, 1.82) is 0 Å². The Morgan fingerprint density at radius 1 is 1.18 bits per heavy atom. The van der Waals surface area contributed by atoms with E-state index in [0.29, 0.717) is 28.1 Å². The molecular formula is C20H20BrN3O4. The Morgan fingerprint density at radius 2 is 1.89 bits per heavy atom. The molecule has 2 aromatic carbocycles. The van der Waals surface area contributed by atoms with Gasteiger partial charge in [0.1, 0.15) is 0 Å². The lowest BCUT2D eigenvalue weighted by Gasteiger charge is -2.14. The summed E-state index contributed by atoms with van der Waals surface area (Å²) >= 11 is 3.36. The molecule has 7 nitrogen and oxygen atoms in total. The molecule has 3 rings (SSSR count). The lowest BCUT2D eigenvalue weighted by atomic mass is 10.1. The molecular weight excluding hydrogens is 426 g/mol. The Morgan fingerprint density at radius 3 is 2.61 bits per heavy atom. The summed E-state index contributed by atoms with van der Waals surface area (Å²) in [5.41, 5.74) is 1.92. The van der Waals surface area contributed by atoms with Gasteiger partial charge < -0.3 is 14.8 Å². The zero-order chi connectivity index (χ0) is 20.3. The maximum absolute atomic E-state index is 12.6. The van der Waals surface area contributed by atoms with Crippen LogP contribution in [0.4, 0.5) is 5.69 Å². The highest BCUT2D eigenvalue weighted by atomic mass is 79.9. The van der Waals surface area contributed by atoms with Crippen LogP contribution in [0.25, 0.3) is 10.9 Å². The average molecular weight is 446 g/mol. The summed E-state index contributed by atoms with van der Waals surface area (Å²) in [6, 6.07) is 8.85. The van der Waals surface area contributed by atoms with Crippen LogP contribution in [-0.4, -0.2) is 29.7 Å². The summed E-state index contributed by atoms with van der Waals surface area (Å²) in [7, 11) is 3.10. The van der Waals surface area contributed by atoms with E-state index in [-0.39, 0.29) is 24.4 Å². The van der Waals surface area contributed by atoms with Gasteiger partial charge in [-0.05, 0) is 36.8 Å². The number of anilines is 1. The Hall–Kier alpha value is -2.87. The first kappa shape index (κ1) is 19.9. The van der Waals surface area contributed by atoms with E-state index in [0.717, 1.165) is 10.0 Å². The second-order valence-corrected chi connectivity index (χ2v) is 7.14. The van der Waals surface area contributed by atoms with Gasteiger partial charge in [0, 0.05) is 29.2 Å². The lowest BCUT2D eigenvalue weighted by molar-refractivity contribution is -0.116. The van der Waals surface area contributed by atoms with Gasteiger partial charge in [0.15, 0.2) is 11.5 Å². The predicted molar refractivity (Wildman–Crippen MR) is 111 cm³/mol. The SMILES string of the molecule is COc1cc(C)c(NC(=O)CCn2cnc3ccc(Br)cc3c2=O)cc1OC. The van der Waals surface area contributed by atoms with E-state index in [2.05, 4.69) is 26.2 Å². The van der Waals surface area contributed by atoms with Crippen LogP contribution in [0.2, 0.25) is 0 Å². The molecule has 0 saturated carbocycles. The summed E-state index contributed by atoms with van der Waals surface area (Å²) in [6.45, 7) is 2.10. The largest absolute Gasteiger partial charge is 0.493 e. The number of aryl methyl sites for hydroxylation is 2. The Labute approximate surface area is 170 Å². The molecule has 3 aromatic rings. The predicted octanol–water partition coefficient (Wildman–Crippen LogP) is 3.51. The zero-order valence-corrected chi connectivity index (χ0v) is 17.4. The minimum atomic E-state index is -0.212. The highest BCUT2D eigenvalue weighted by molar-refractivity contribution is 9.10. The number of carbonyl (C=O) groups excluding carboxylic acids is 1. The highest BCUT2D eigenvalue weighted by Crippen LogP contribution is 2.32. The Balaban J connectivity index is 1.74. The molecule has 1 aromatic heterocycles. The molecule has 0 saturated heterocycles. The van der Waals surface area contributed by atoms with Crippen molar-refractivity contribution in [2.75, 3.05) is 19.5 Å². The van der Waals surface area contributed by atoms with Crippen molar-refractivity contribution in [3.63, 3.8) is 0 Å². The first-order chi connectivity index (χ1) is 13.4. The van der Waals surface area contributed by atoms with E-state index >= 15 is 0 Å². The molecule has 0 atom stereocenters. The van der Waals surface area contributed by atoms with Crippen LogP contribution in [0.15, 0.2) is 45.9 Å². The van der Waals surface area contributed by atoms with Gasteiger partial charge in [0.05, 0.1) is 31.4 Å². The average Bonchev–Trinajstić information content (AvgIpc) is 2.69. The van der Waals surface area contributed by atoms with Crippen LogP contribution in [0.3, 0.4) is 0 Å². The van der Waals surface area contributed by atoms with Crippen molar-refractivity contribution < 1.29 is 14.3 Å². The third kappa shape index (κ3) is 4.17. The number of benzene rings is 2. The molecule has 8 heteroatoms. The number of rotatable bonds is 6. The number of carbonyl (C=O) groups is 1. The van der Waals surface area contributed by atoms with E-state index < -0.39 is 0 Å². The minimum absolute atomic E-state index is 0.134. The van der Waals surface area contributed by atoms with Gasteiger partial charge in [-0.25, -0.2) is 4.98 Å². The highest BCUT2D eigenvalue weighted by Gasteiger charge is 2.12. The molecule has 1 N–H and O–H groups in total. The summed E-state index contributed by atoms with van der Waals surface area (Å²) in [6.07, 6.45) is 1.60. The fraction of sp³-hybridized carbons (Fsp3) is 0.250. The van der Waals surface area contributed by atoms with Gasteiger partial charge in [-0.1, -0.05) is 15.9 Å². The maximum atomic E-state index is 12.6. The molecule has 146 valence electrons. The number of methoxy groups -OCH3 is 2. The summed E-state index contributed by atoms with van der Waals surface area (Å²) in [5, 5.41) is 3.36. The Bertz CT molecular complexity index is 1090. The van der Waals surface area contributed by atoms with Crippen molar-refractivity contribution >= 4 is 38.4 Å². The fourth-order valence-electron chi connectivity index (χ4n) is 2.84. The normalized spacial score (nSPS) is 10.7. The number of fused-ring (bicyclic) bond motifs is 1. The number of nitrogens with zero attached hydrogens (tertiary/aromatic N) is 2. The number of hydrogen-bond donors (Lipinski definition) is 1. The van der Waals surface area contributed by atoms with Gasteiger partial charge in [0.25, 0.3) is 5.56 Å². The van der Waals surface area contributed by atoms with Crippen molar-refractivity contribution in [1.82, 2.24) is 9.55 Å². The molecule has 0 fully saturated rings. The first-order valence-corrected chi connectivity index (χ1v) is 9.39. The first-order valence-electron chi connectivity index (χ1n) is 8.60. The van der Waals surface area contributed by atoms with Gasteiger partial charge in [-0.3, -0.25) is 14.2 Å². The number of nitrogens with one attached hydrogen (secondary N) is 1. The van der Waals surface area contributed by atoms with Crippen molar-refractivity contribution in [2.24, 2.45) is 0 Å². The molecule has 0 aliphatic heterocycles. The number of hydrogen-bond acceptors (Lipinski definition) is 5. The molecule has 0 radical (unpaired) electrons. The van der Waals surface area contributed by atoms with E-state index in [1.54, 1.807) is 31.4 Å². The number of aromatic nitrogens is 2. The third-order valence-corrected chi connectivity index (χ3v) is 4.86. The second-order valence-electron chi connectivity index (χ2n) is 6.22. The monoisotopic (exact) mass is 445 g/mol. The minimum Gasteiger partial charge on any atom is -0.493 e. The molecule has 1 heterocycles. The van der Waals surface area contributed by atoms with Crippen molar-refractivity contribution in [3.8, 4) is 11.5 Å². The van der Waals surface area contributed by atoms with Crippen LogP contribution in [-0.2, 0) is 11.3 Å². The van der Waals surface area contributed by atoms with Crippen LogP contribution in [0, 0.1) is 6.92 Å². The summed E-state index contributed by atoms with van der Waals surface area (Å²) in [4.78, 5) is 29.3. The van der Waals surface area contributed by atoms with Crippen LogP contribution in [0.5, 0.6) is 11.5 Å². The van der Waals surface area contributed by atoms with Crippen molar-refractivity contribution in [3.05, 3.63) is 57.0 Å². The maximum Gasteiger partial charge on any atom is 0.261 e. The van der Waals surface area contributed by atoms with E-state index in [9.17, 15) is 9.59 Å². The fourth-order valence-corrected chi connectivity index (χ4v) is 3.20.